The number of nitrogens with one attached hydrogen (secondary N) is 2. The van der Waals surface area contributed by atoms with Crippen LogP contribution in [-0.2, 0) is 9.53 Å². The standard InChI is InChI=1S/C7H11F3N2O3/c8-7(9,10)3-15-5-2-11-4(1-12-5)6(13)14/h4-5,11-12H,1-3H2,(H,13,14). The molecule has 1 rings (SSSR count). The summed E-state index contributed by atoms with van der Waals surface area (Å²) in [5.74, 6) is -1.04. The Balaban J connectivity index is 2.23. The fourth-order valence-corrected chi connectivity index (χ4v) is 1.13. The van der Waals surface area contributed by atoms with Crippen LogP contribution < -0.4 is 10.6 Å². The van der Waals surface area contributed by atoms with Crippen molar-refractivity contribution < 1.29 is 27.8 Å². The zero-order valence-electron chi connectivity index (χ0n) is 7.67. The Labute approximate surface area is 83.6 Å². The molecule has 8 heteroatoms. The molecule has 1 saturated heterocycles. The Morgan fingerprint density at radius 2 is 2.07 bits per heavy atom. The van der Waals surface area contributed by atoms with E-state index in [4.69, 9.17) is 5.11 Å². The minimum absolute atomic E-state index is 0.0348. The fourth-order valence-electron chi connectivity index (χ4n) is 1.13. The first-order chi connectivity index (χ1) is 6.88. The summed E-state index contributed by atoms with van der Waals surface area (Å²) in [6.45, 7) is -1.27. The van der Waals surface area contributed by atoms with Crippen LogP contribution in [0.15, 0.2) is 0 Å². The van der Waals surface area contributed by atoms with Gasteiger partial charge in [0.25, 0.3) is 0 Å². The van der Waals surface area contributed by atoms with Crippen LogP contribution in [0, 0.1) is 0 Å². The lowest BCUT2D eigenvalue weighted by Gasteiger charge is -2.29. The van der Waals surface area contributed by atoms with Gasteiger partial charge >= 0.3 is 12.1 Å². The van der Waals surface area contributed by atoms with Gasteiger partial charge in [0, 0.05) is 13.1 Å². The van der Waals surface area contributed by atoms with Crippen molar-refractivity contribution in [3.05, 3.63) is 0 Å². The van der Waals surface area contributed by atoms with Crippen LogP contribution in [0.25, 0.3) is 0 Å². The van der Waals surface area contributed by atoms with Gasteiger partial charge in [-0.2, -0.15) is 13.2 Å². The second-order valence-corrected chi connectivity index (χ2v) is 3.12. The van der Waals surface area contributed by atoms with Gasteiger partial charge in [0.1, 0.15) is 18.9 Å². The molecule has 0 amide bonds. The topological polar surface area (TPSA) is 70.6 Å². The third-order valence-corrected chi connectivity index (χ3v) is 1.85. The number of hydrogen-bond donors (Lipinski definition) is 3. The fraction of sp³-hybridized carbons (Fsp3) is 0.857. The van der Waals surface area contributed by atoms with E-state index in [-0.39, 0.29) is 13.1 Å². The van der Waals surface area contributed by atoms with Crippen molar-refractivity contribution >= 4 is 5.97 Å². The van der Waals surface area contributed by atoms with E-state index in [0.717, 1.165) is 0 Å². The molecule has 0 radical (unpaired) electrons. The van der Waals surface area contributed by atoms with Crippen molar-refractivity contribution in [2.45, 2.75) is 18.4 Å². The van der Waals surface area contributed by atoms with Crippen molar-refractivity contribution in [1.29, 1.82) is 0 Å². The maximum atomic E-state index is 11.7. The van der Waals surface area contributed by atoms with E-state index in [1.807, 2.05) is 0 Å². The predicted molar refractivity (Wildman–Crippen MR) is 43.2 cm³/mol. The second kappa shape index (κ2) is 4.77. The van der Waals surface area contributed by atoms with Crippen LogP contribution in [0.3, 0.4) is 0 Å². The van der Waals surface area contributed by atoms with E-state index in [9.17, 15) is 18.0 Å². The van der Waals surface area contributed by atoms with Crippen molar-refractivity contribution in [3.63, 3.8) is 0 Å². The number of alkyl halides is 3. The molecule has 88 valence electrons. The van der Waals surface area contributed by atoms with Gasteiger partial charge in [-0.3, -0.25) is 15.4 Å². The predicted octanol–water partition coefficient (Wildman–Crippen LogP) is -0.463. The monoisotopic (exact) mass is 228 g/mol. The quantitative estimate of drug-likeness (QED) is 0.609. The summed E-state index contributed by atoms with van der Waals surface area (Å²) in [5.41, 5.74) is 0. The number of carboxylic acids is 1. The highest BCUT2D eigenvalue weighted by Gasteiger charge is 2.31. The summed E-state index contributed by atoms with van der Waals surface area (Å²) in [6, 6.07) is -0.782. The third kappa shape index (κ3) is 4.45. The third-order valence-electron chi connectivity index (χ3n) is 1.85. The molecule has 2 atom stereocenters. The highest BCUT2D eigenvalue weighted by molar-refractivity contribution is 5.73. The van der Waals surface area contributed by atoms with Crippen LogP contribution in [0.2, 0.25) is 0 Å². The molecule has 5 nitrogen and oxygen atoms in total. The van der Waals surface area contributed by atoms with Gasteiger partial charge in [-0.1, -0.05) is 0 Å². The van der Waals surface area contributed by atoms with Crippen LogP contribution in [0.4, 0.5) is 13.2 Å². The maximum Gasteiger partial charge on any atom is 0.411 e. The number of rotatable bonds is 3. The molecular formula is C7H11F3N2O3. The normalized spacial score (nSPS) is 27.7. The Bertz CT molecular complexity index is 226. The summed E-state index contributed by atoms with van der Waals surface area (Å²) in [6.07, 6.45) is -5.17. The molecule has 0 aromatic heterocycles. The molecule has 2 unspecified atom stereocenters. The van der Waals surface area contributed by atoms with E-state index in [1.54, 1.807) is 0 Å². The average Bonchev–Trinajstić information content (AvgIpc) is 2.14. The Kier molecular flexibility index (Phi) is 3.89. The summed E-state index contributed by atoms with van der Waals surface area (Å²) >= 11 is 0. The molecule has 1 fully saturated rings. The molecule has 15 heavy (non-hydrogen) atoms. The summed E-state index contributed by atoms with van der Waals surface area (Å²) in [7, 11) is 0. The van der Waals surface area contributed by atoms with Gasteiger partial charge in [-0.05, 0) is 0 Å². The minimum atomic E-state index is -4.37. The van der Waals surface area contributed by atoms with Crippen molar-refractivity contribution in [2.75, 3.05) is 19.7 Å². The van der Waals surface area contributed by atoms with E-state index in [0.29, 0.717) is 0 Å². The SMILES string of the molecule is O=C(O)C1CNC(OCC(F)(F)F)CN1. The number of aliphatic carboxylic acids is 1. The maximum absolute atomic E-state index is 11.7. The smallest absolute Gasteiger partial charge is 0.411 e. The lowest BCUT2D eigenvalue weighted by atomic mass is 10.2. The van der Waals surface area contributed by atoms with Crippen LogP contribution in [-0.4, -0.2) is 49.2 Å². The Hall–Kier alpha value is -0.860. The zero-order chi connectivity index (χ0) is 11.5. The molecule has 0 saturated carbocycles. The minimum Gasteiger partial charge on any atom is -0.480 e. The van der Waals surface area contributed by atoms with E-state index >= 15 is 0 Å². The van der Waals surface area contributed by atoms with E-state index < -0.39 is 31.0 Å². The first-order valence-electron chi connectivity index (χ1n) is 4.26. The van der Waals surface area contributed by atoms with Gasteiger partial charge in [-0.25, -0.2) is 0 Å². The first-order valence-corrected chi connectivity index (χ1v) is 4.26. The molecule has 1 heterocycles. The van der Waals surface area contributed by atoms with Crippen LogP contribution in [0.5, 0.6) is 0 Å². The largest absolute Gasteiger partial charge is 0.480 e. The summed E-state index contributed by atoms with van der Waals surface area (Å²) in [4.78, 5) is 10.5. The first kappa shape index (κ1) is 12.2. The van der Waals surface area contributed by atoms with E-state index in [2.05, 4.69) is 15.4 Å². The number of halogens is 3. The van der Waals surface area contributed by atoms with Crippen LogP contribution >= 0.6 is 0 Å². The van der Waals surface area contributed by atoms with Crippen LogP contribution in [0.1, 0.15) is 0 Å². The molecule has 0 aliphatic carbocycles. The Morgan fingerprint density at radius 1 is 1.40 bits per heavy atom. The molecule has 0 bridgehead atoms. The number of carboxylic acid groups (broad SMARTS) is 1. The lowest BCUT2D eigenvalue weighted by molar-refractivity contribution is -0.190. The molecule has 1 aliphatic heterocycles. The second-order valence-electron chi connectivity index (χ2n) is 3.12. The molecule has 3 N–H and O–H groups in total. The summed E-state index contributed by atoms with van der Waals surface area (Å²) < 4.78 is 39.7. The molecule has 0 spiro atoms. The van der Waals surface area contributed by atoms with Gasteiger partial charge in [0.05, 0.1) is 0 Å². The highest BCUT2D eigenvalue weighted by atomic mass is 19.4. The molecular weight excluding hydrogens is 217 g/mol. The van der Waals surface area contributed by atoms with Gasteiger partial charge in [-0.15, -0.1) is 0 Å². The Morgan fingerprint density at radius 3 is 2.47 bits per heavy atom. The van der Waals surface area contributed by atoms with Crippen molar-refractivity contribution in [1.82, 2.24) is 10.6 Å². The average molecular weight is 228 g/mol. The number of ether oxygens (including phenoxy) is 1. The lowest BCUT2D eigenvalue weighted by Crippen LogP contribution is -2.58. The molecule has 0 aromatic carbocycles. The van der Waals surface area contributed by atoms with Gasteiger partial charge < -0.3 is 9.84 Å². The molecule has 0 aromatic rings. The number of hydrogen-bond acceptors (Lipinski definition) is 4. The number of carbonyl (C=O) groups is 1. The van der Waals surface area contributed by atoms with E-state index in [1.165, 1.54) is 0 Å². The highest BCUT2D eigenvalue weighted by Crippen LogP contribution is 2.15. The van der Waals surface area contributed by atoms with Crippen molar-refractivity contribution in [2.24, 2.45) is 0 Å². The summed E-state index contributed by atoms with van der Waals surface area (Å²) in [5, 5.41) is 13.7. The van der Waals surface area contributed by atoms with Gasteiger partial charge in [0.15, 0.2) is 0 Å². The molecule has 1 aliphatic rings. The number of piperazine rings is 1. The van der Waals surface area contributed by atoms with Crippen molar-refractivity contribution in [3.8, 4) is 0 Å². The zero-order valence-corrected chi connectivity index (χ0v) is 7.67. The van der Waals surface area contributed by atoms with Gasteiger partial charge in [0.2, 0.25) is 0 Å².